The molecule has 0 saturated heterocycles. The van der Waals surface area contributed by atoms with Crippen LogP contribution < -0.4 is 16.4 Å². The largest absolute Gasteiger partial charge is 0.330 e. The molecular weight excluding hydrogens is 398 g/mol. The van der Waals surface area contributed by atoms with E-state index in [0.29, 0.717) is 12.3 Å². The quantitative estimate of drug-likeness (QED) is 0.372. The second-order valence-corrected chi connectivity index (χ2v) is 11.6. The van der Waals surface area contributed by atoms with E-state index in [1.165, 1.54) is 6.42 Å². The summed E-state index contributed by atoms with van der Waals surface area (Å²) in [7, 11) is 0. The highest BCUT2D eigenvalue weighted by Crippen LogP contribution is 2.43. The second kappa shape index (κ2) is 12.1. The number of carbonyl (C=O) groups is 2. The summed E-state index contributed by atoms with van der Waals surface area (Å²) in [5.74, 6) is 0.346. The first-order valence-electron chi connectivity index (χ1n) is 13.1. The van der Waals surface area contributed by atoms with Crippen molar-refractivity contribution in [2.75, 3.05) is 13.1 Å². The van der Waals surface area contributed by atoms with Crippen LogP contribution in [0.4, 0.5) is 0 Å². The fourth-order valence-electron chi connectivity index (χ4n) is 5.61. The van der Waals surface area contributed by atoms with Gasteiger partial charge in [-0.05, 0) is 52.5 Å². The van der Waals surface area contributed by atoms with Crippen LogP contribution in [-0.4, -0.2) is 42.3 Å². The van der Waals surface area contributed by atoms with Crippen LogP contribution >= 0.6 is 0 Å². The zero-order valence-corrected chi connectivity index (χ0v) is 22.6. The van der Waals surface area contributed by atoms with Crippen molar-refractivity contribution in [3.63, 3.8) is 0 Å². The number of rotatable bonds is 13. The standard InChI is InChI=1S/C27H53N3O2/c1-10-17-29-22-16-14-13-15-20(22)24(32)26(8,11-2)27(9,12-3)30-19(4)21(18-28)23(31)25(5,6)7/h19-22,29-30H,10-18,28H2,1-9H3/t19-,20-,21-,22+,26?,27?/m0/s1. The van der Waals surface area contributed by atoms with Crippen LogP contribution in [0.3, 0.4) is 0 Å². The lowest BCUT2D eigenvalue weighted by Gasteiger charge is -2.50. The Bertz CT molecular complexity index is 615. The average molecular weight is 452 g/mol. The lowest BCUT2D eigenvalue weighted by atomic mass is 9.60. The Hall–Kier alpha value is -0.780. The number of hydrogen-bond acceptors (Lipinski definition) is 5. The Balaban J connectivity index is 3.21. The van der Waals surface area contributed by atoms with E-state index in [0.717, 1.165) is 45.1 Å². The molecule has 0 bridgehead atoms. The zero-order chi connectivity index (χ0) is 24.7. The van der Waals surface area contributed by atoms with Crippen LogP contribution in [0, 0.1) is 22.7 Å². The van der Waals surface area contributed by atoms with Gasteiger partial charge in [0.2, 0.25) is 0 Å². The van der Waals surface area contributed by atoms with Crippen molar-refractivity contribution in [2.45, 2.75) is 125 Å². The van der Waals surface area contributed by atoms with Gasteiger partial charge in [-0.15, -0.1) is 0 Å². The number of ketones is 2. The molecule has 0 aromatic carbocycles. The molecule has 1 rings (SSSR count). The second-order valence-electron chi connectivity index (χ2n) is 11.6. The predicted octanol–water partition coefficient (Wildman–Crippen LogP) is 4.87. The third-order valence-corrected chi connectivity index (χ3v) is 8.41. The van der Waals surface area contributed by atoms with Crippen molar-refractivity contribution in [3.8, 4) is 0 Å². The molecule has 2 unspecified atom stereocenters. The monoisotopic (exact) mass is 451 g/mol. The first kappa shape index (κ1) is 29.3. The predicted molar refractivity (Wildman–Crippen MR) is 136 cm³/mol. The molecule has 0 radical (unpaired) electrons. The van der Waals surface area contributed by atoms with Crippen LogP contribution in [0.5, 0.6) is 0 Å². The van der Waals surface area contributed by atoms with Gasteiger partial charge in [-0.3, -0.25) is 9.59 Å². The summed E-state index contributed by atoms with van der Waals surface area (Å²) in [6, 6.07) is 0.176. The highest BCUT2D eigenvalue weighted by molar-refractivity contribution is 5.89. The molecule has 0 aromatic heterocycles. The van der Waals surface area contributed by atoms with Crippen molar-refractivity contribution in [2.24, 2.45) is 28.4 Å². The third-order valence-electron chi connectivity index (χ3n) is 8.41. The Morgan fingerprint density at radius 1 is 1.00 bits per heavy atom. The van der Waals surface area contributed by atoms with E-state index in [4.69, 9.17) is 5.73 Å². The maximum Gasteiger partial charge on any atom is 0.145 e. The summed E-state index contributed by atoms with van der Waals surface area (Å²) in [6.45, 7) is 20.0. The van der Waals surface area contributed by atoms with Gasteiger partial charge in [-0.2, -0.15) is 0 Å². The van der Waals surface area contributed by atoms with E-state index in [1.807, 2.05) is 20.8 Å². The first-order chi connectivity index (χ1) is 14.8. The highest BCUT2D eigenvalue weighted by atomic mass is 16.1. The minimum Gasteiger partial charge on any atom is -0.330 e. The normalized spacial score (nSPS) is 25.4. The SMILES string of the molecule is CCCN[C@@H]1CCCC[C@@H]1C(=O)C(C)(CC)C(C)(CC)N[C@@H](C)[C@H](CN)C(=O)C(C)(C)C. The van der Waals surface area contributed by atoms with Gasteiger partial charge in [0.25, 0.3) is 0 Å². The van der Waals surface area contributed by atoms with Gasteiger partial charge < -0.3 is 16.4 Å². The summed E-state index contributed by atoms with van der Waals surface area (Å²) in [5.41, 5.74) is 4.70. The average Bonchev–Trinajstić information content (AvgIpc) is 2.76. The van der Waals surface area contributed by atoms with E-state index in [-0.39, 0.29) is 29.7 Å². The number of hydrogen-bond donors (Lipinski definition) is 3. The lowest BCUT2D eigenvalue weighted by molar-refractivity contribution is -0.140. The molecular formula is C27H53N3O2. The minimum absolute atomic E-state index is 0.0599. The van der Waals surface area contributed by atoms with E-state index in [2.05, 4.69) is 52.2 Å². The summed E-state index contributed by atoms with van der Waals surface area (Å²) < 4.78 is 0. The molecule has 32 heavy (non-hydrogen) atoms. The Morgan fingerprint density at radius 3 is 2.06 bits per heavy atom. The van der Waals surface area contributed by atoms with E-state index in [9.17, 15) is 9.59 Å². The van der Waals surface area contributed by atoms with Crippen molar-refractivity contribution >= 4 is 11.6 Å². The molecule has 0 spiro atoms. The van der Waals surface area contributed by atoms with Gasteiger partial charge in [0.1, 0.15) is 11.6 Å². The molecule has 0 aromatic rings. The summed E-state index contributed by atoms with van der Waals surface area (Å²) in [4.78, 5) is 27.2. The molecule has 0 aliphatic heterocycles. The Labute approximate surface area is 198 Å². The molecule has 4 N–H and O–H groups in total. The van der Waals surface area contributed by atoms with Gasteiger partial charge in [-0.25, -0.2) is 0 Å². The van der Waals surface area contributed by atoms with Gasteiger partial charge in [0.05, 0.1) is 0 Å². The van der Waals surface area contributed by atoms with E-state index >= 15 is 0 Å². The van der Waals surface area contributed by atoms with Crippen molar-refractivity contribution in [1.82, 2.24) is 10.6 Å². The number of carbonyl (C=O) groups excluding carboxylic acids is 2. The third kappa shape index (κ3) is 6.42. The van der Waals surface area contributed by atoms with Gasteiger partial charge in [0.15, 0.2) is 0 Å². The molecule has 0 amide bonds. The van der Waals surface area contributed by atoms with Gasteiger partial charge in [-0.1, -0.05) is 61.3 Å². The highest BCUT2D eigenvalue weighted by Gasteiger charge is 2.52. The first-order valence-corrected chi connectivity index (χ1v) is 13.1. The van der Waals surface area contributed by atoms with Gasteiger partial charge >= 0.3 is 0 Å². The number of nitrogens with two attached hydrogens (primary N) is 1. The zero-order valence-electron chi connectivity index (χ0n) is 22.6. The molecule has 0 heterocycles. The van der Waals surface area contributed by atoms with Crippen LogP contribution in [0.15, 0.2) is 0 Å². The molecule has 6 atom stereocenters. The topological polar surface area (TPSA) is 84.2 Å². The van der Waals surface area contributed by atoms with Crippen LogP contribution in [0.25, 0.3) is 0 Å². The minimum atomic E-state index is -0.520. The van der Waals surface area contributed by atoms with E-state index < -0.39 is 16.4 Å². The fourth-order valence-corrected chi connectivity index (χ4v) is 5.61. The molecule has 5 nitrogen and oxygen atoms in total. The maximum absolute atomic E-state index is 14.2. The molecule has 5 heteroatoms. The summed E-state index contributed by atoms with van der Waals surface area (Å²) in [5, 5.41) is 7.44. The smallest absolute Gasteiger partial charge is 0.145 e. The molecule has 1 aliphatic rings. The molecule has 1 aliphatic carbocycles. The van der Waals surface area contributed by atoms with Gasteiger partial charge in [0, 0.05) is 46.8 Å². The number of nitrogens with one attached hydrogen (secondary N) is 2. The van der Waals surface area contributed by atoms with Crippen molar-refractivity contribution < 1.29 is 9.59 Å². The van der Waals surface area contributed by atoms with Crippen LogP contribution in [0.2, 0.25) is 0 Å². The number of Topliss-reactive ketones (excluding diaryl/α,β-unsaturated/α-hetero) is 2. The summed E-state index contributed by atoms with van der Waals surface area (Å²) in [6.07, 6.45) is 7.04. The van der Waals surface area contributed by atoms with Crippen LogP contribution in [0.1, 0.15) is 107 Å². The fraction of sp³-hybridized carbons (Fsp3) is 0.926. The Morgan fingerprint density at radius 2 is 1.59 bits per heavy atom. The lowest BCUT2D eigenvalue weighted by Crippen LogP contribution is -2.64. The molecule has 1 saturated carbocycles. The molecule has 1 fully saturated rings. The van der Waals surface area contributed by atoms with Crippen molar-refractivity contribution in [3.05, 3.63) is 0 Å². The van der Waals surface area contributed by atoms with Crippen molar-refractivity contribution in [1.29, 1.82) is 0 Å². The Kier molecular flexibility index (Phi) is 11.0. The van der Waals surface area contributed by atoms with E-state index in [1.54, 1.807) is 0 Å². The van der Waals surface area contributed by atoms with Crippen LogP contribution in [-0.2, 0) is 9.59 Å². The maximum atomic E-state index is 14.2. The molecule has 188 valence electrons. The summed E-state index contributed by atoms with van der Waals surface area (Å²) >= 11 is 0.